The van der Waals surface area contributed by atoms with Crippen molar-refractivity contribution in [3.8, 4) is 11.3 Å². The Balaban J connectivity index is 1.80. The van der Waals surface area contributed by atoms with E-state index in [9.17, 15) is 9.18 Å². The van der Waals surface area contributed by atoms with Crippen LogP contribution in [0.25, 0.3) is 11.3 Å². The third-order valence-corrected chi connectivity index (χ3v) is 4.51. The fourth-order valence-electron chi connectivity index (χ4n) is 2.23. The molecular formula is C17H13ClFN3OS. The van der Waals surface area contributed by atoms with Crippen LogP contribution in [0.4, 0.5) is 4.39 Å². The molecule has 0 unspecified atom stereocenters. The topological polar surface area (TPSA) is 54.9 Å². The highest BCUT2D eigenvalue weighted by Crippen LogP contribution is 2.25. The van der Waals surface area contributed by atoms with E-state index in [-0.39, 0.29) is 17.8 Å². The van der Waals surface area contributed by atoms with Crippen LogP contribution in [0.1, 0.15) is 28.2 Å². The van der Waals surface area contributed by atoms with Crippen LogP contribution in [0, 0.1) is 5.82 Å². The molecule has 4 nitrogen and oxygen atoms in total. The van der Waals surface area contributed by atoms with Gasteiger partial charge in [0.05, 0.1) is 6.04 Å². The molecule has 0 bridgehead atoms. The highest BCUT2D eigenvalue weighted by atomic mass is 35.5. The largest absolute Gasteiger partial charge is 0.345 e. The molecule has 0 aliphatic rings. The van der Waals surface area contributed by atoms with E-state index in [1.165, 1.54) is 12.1 Å². The monoisotopic (exact) mass is 361 g/mol. The summed E-state index contributed by atoms with van der Waals surface area (Å²) in [5.74, 6) is -0.615. The number of rotatable bonds is 4. The molecule has 1 atom stereocenters. The smallest absolute Gasteiger partial charge is 0.265 e. The summed E-state index contributed by atoms with van der Waals surface area (Å²) < 4.78 is 16.9. The van der Waals surface area contributed by atoms with E-state index >= 15 is 0 Å². The van der Waals surface area contributed by atoms with Gasteiger partial charge in [-0.1, -0.05) is 28.2 Å². The first-order valence-electron chi connectivity index (χ1n) is 7.19. The van der Waals surface area contributed by atoms with Crippen LogP contribution in [0.2, 0.25) is 5.02 Å². The van der Waals surface area contributed by atoms with Crippen LogP contribution in [-0.2, 0) is 0 Å². The van der Waals surface area contributed by atoms with Gasteiger partial charge >= 0.3 is 0 Å². The Morgan fingerprint density at radius 3 is 2.50 bits per heavy atom. The summed E-state index contributed by atoms with van der Waals surface area (Å²) in [5.41, 5.74) is 2.03. The number of hydrogen-bond donors (Lipinski definition) is 1. The lowest BCUT2D eigenvalue weighted by atomic mass is 10.1. The summed E-state index contributed by atoms with van der Waals surface area (Å²) in [6.45, 7) is 1.88. The van der Waals surface area contributed by atoms with Crippen LogP contribution in [0.3, 0.4) is 0 Å². The maximum atomic E-state index is 13.1. The Kier molecular flexibility index (Phi) is 4.87. The van der Waals surface area contributed by atoms with E-state index in [1.807, 2.05) is 19.1 Å². The lowest BCUT2D eigenvalue weighted by Crippen LogP contribution is -2.26. The summed E-state index contributed by atoms with van der Waals surface area (Å²) in [7, 11) is 0. The number of carbonyl (C=O) groups is 1. The minimum Gasteiger partial charge on any atom is -0.345 e. The number of carbonyl (C=O) groups excluding carboxylic acids is 1. The number of benzene rings is 2. The van der Waals surface area contributed by atoms with Crippen LogP contribution < -0.4 is 5.32 Å². The molecule has 1 N–H and O–H groups in total. The highest BCUT2D eigenvalue weighted by Gasteiger charge is 2.20. The SMILES string of the molecule is C[C@H](NC(=O)c1snnc1-c1ccc(F)cc1)c1ccc(Cl)cc1. The van der Waals surface area contributed by atoms with Crippen LogP contribution >= 0.6 is 23.1 Å². The van der Waals surface area contributed by atoms with Gasteiger partial charge in [-0.05, 0) is 60.4 Å². The number of nitrogens with zero attached hydrogens (tertiary/aromatic N) is 2. The van der Waals surface area contributed by atoms with E-state index in [4.69, 9.17) is 11.6 Å². The minimum absolute atomic E-state index is 0.196. The number of hydrogen-bond acceptors (Lipinski definition) is 4. The molecule has 0 saturated heterocycles. The predicted molar refractivity (Wildman–Crippen MR) is 92.6 cm³/mol. The second-order valence-corrected chi connectivity index (χ2v) is 6.39. The Morgan fingerprint density at radius 1 is 1.17 bits per heavy atom. The van der Waals surface area contributed by atoms with Crippen molar-refractivity contribution < 1.29 is 9.18 Å². The first kappa shape index (κ1) is 16.5. The van der Waals surface area contributed by atoms with Gasteiger partial charge in [-0.3, -0.25) is 4.79 Å². The van der Waals surface area contributed by atoms with Gasteiger partial charge in [0.2, 0.25) is 0 Å². The molecule has 0 spiro atoms. The van der Waals surface area contributed by atoms with Crippen molar-refractivity contribution in [1.29, 1.82) is 0 Å². The molecule has 3 rings (SSSR count). The van der Waals surface area contributed by atoms with Crippen molar-refractivity contribution in [2.24, 2.45) is 0 Å². The zero-order chi connectivity index (χ0) is 17.1. The first-order valence-corrected chi connectivity index (χ1v) is 8.34. The van der Waals surface area contributed by atoms with Gasteiger partial charge in [0.25, 0.3) is 5.91 Å². The van der Waals surface area contributed by atoms with Gasteiger partial charge in [0.15, 0.2) is 0 Å². The number of nitrogens with one attached hydrogen (secondary N) is 1. The van der Waals surface area contributed by atoms with Gasteiger partial charge in [0.1, 0.15) is 16.4 Å². The molecule has 0 aliphatic carbocycles. The zero-order valence-corrected chi connectivity index (χ0v) is 14.2. The van der Waals surface area contributed by atoms with Gasteiger partial charge in [-0.25, -0.2) is 4.39 Å². The normalized spacial score (nSPS) is 12.0. The summed E-state index contributed by atoms with van der Waals surface area (Å²) in [6, 6.07) is 12.9. The molecule has 1 heterocycles. The van der Waals surface area contributed by atoms with Gasteiger partial charge in [0, 0.05) is 10.6 Å². The van der Waals surface area contributed by atoms with Gasteiger partial charge in [-0.15, -0.1) is 5.10 Å². The zero-order valence-electron chi connectivity index (χ0n) is 12.7. The standard InChI is InChI=1S/C17H13ClFN3OS/c1-10(11-2-6-13(18)7-3-11)20-17(23)16-15(21-22-24-16)12-4-8-14(19)9-5-12/h2-10H,1H3,(H,20,23)/t10-/m0/s1. The van der Waals surface area contributed by atoms with E-state index in [2.05, 4.69) is 14.9 Å². The molecule has 0 radical (unpaired) electrons. The second-order valence-electron chi connectivity index (χ2n) is 5.20. The average Bonchev–Trinajstić information content (AvgIpc) is 3.06. The summed E-state index contributed by atoms with van der Waals surface area (Å²) in [5, 5.41) is 7.55. The molecule has 0 saturated carbocycles. The van der Waals surface area contributed by atoms with E-state index in [0.717, 1.165) is 17.1 Å². The molecule has 24 heavy (non-hydrogen) atoms. The Labute approximate surface area is 147 Å². The Hall–Kier alpha value is -2.31. The number of halogens is 2. The molecule has 7 heteroatoms. The fraction of sp³-hybridized carbons (Fsp3) is 0.118. The molecular weight excluding hydrogens is 349 g/mol. The van der Waals surface area contributed by atoms with Crippen LogP contribution in [0.5, 0.6) is 0 Å². The van der Waals surface area contributed by atoms with Crippen LogP contribution in [0.15, 0.2) is 48.5 Å². The van der Waals surface area contributed by atoms with Gasteiger partial charge in [-0.2, -0.15) is 0 Å². The predicted octanol–water partition coefficient (Wildman–Crippen LogP) is 4.49. The van der Waals surface area contributed by atoms with Crippen molar-refractivity contribution >= 4 is 29.0 Å². The minimum atomic E-state index is -0.343. The third kappa shape index (κ3) is 3.60. The second kappa shape index (κ2) is 7.07. The average molecular weight is 362 g/mol. The highest BCUT2D eigenvalue weighted by molar-refractivity contribution is 7.08. The van der Waals surface area contributed by atoms with Crippen molar-refractivity contribution in [3.05, 3.63) is 69.8 Å². The van der Waals surface area contributed by atoms with E-state index < -0.39 is 0 Å². The number of aromatic nitrogens is 2. The molecule has 0 fully saturated rings. The molecule has 0 aliphatic heterocycles. The van der Waals surface area contributed by atoms with Crippen molar-refractivity contribution in [1.82, 2.24) is 14.9 Å². The van der Waals surface area contributed by atoms with E-state index in [0.29, 0.717) is 21.2 Å². The Bertz CT molecular complexity index is 849. The molecule has 2 aromatic carbocycles. The molecule has 1 amide bonds. The van der Waals surface area contributed by atoms with Gasteiger partial charge < -0.3 is 5.32 Å². The summed E-state index contributed by atoms with van der Waals surface area (Å²) in [4.78, 5) is 12.9. The maximum absolute atomic E-state index is 13.1. The van der Waals surface area contributed by atoms with Crippen molar-refractivity contribution in [2.75, 3.05) is 0 Å². The summed E-state index contributed by atoms with van der Waals surface area (Å²) in [6.07, 6.45) is 0. The van der Waals surface area contributed by atoms with Crippen molar-refractivity contribution in [3.63, 3.8) is 0 Å². The Morgan fingerprint density at radius 2 is 1.83 bits per heavy atom. The third-order valence-electron chi connectivity index (χ3n) is 3.53. The lowest BCUT2D eigenvalue weighted by Gasteiger charge is -2.14. The molecule has 3 aromatic rings. The van der Waals surface area contributed by atoms with Crippen LogP contribution in [-0.4, -0.2) is 15.5 Å². The first-order chi connectivity index (χ1) is 11.5. The molecule has 1 aromatic heterocycles. The quantitative estimate of drug-likeness (QED) is 0.745. The maximum Gasteiger partial charge on any atom is 0.265 e. The van der Waals surface area contributed by atoms with E-state index in [1.54, 1.807) is 24.3 Å². The number of amides is 1. The lowest BCUT2D eigenvalue weighted by molar-refractivity contribution is 0.0944. The fourth-order valence-corrected chi connectivity index (χ4v) is 2.95. The van der Waals surface area contributed by atoms with Crippen molar-refractivity contribution in [2.45, 2.75) is 13.0 Å². The molecule has 122 valence electrons. The summed E-state index contributed by atoms with van der Waals surface area (Å²) >= 11 is 6.88.